The van der Waals surface area contributed by atoms with E-state index in [0.29, 0.717) is 0 Å². The zero-order chi connectivity index (χ0) is 11.1. The molecule has 1 fully saturated rings. The van der Waals surface area contributed by atoms with Crippen LogP contribution >= 0.6 is 0 Å². The summed E-state index contributed by atoms with van der Waals surface area (Å²) in [5.74, 6) is -0.803. The number of hydrogen-bond donors (Lipinski definition) is 1. The molecule has 1 aliphatic heterocycles. The molecule has 1 heterocycles. The Hall–Kier alpha value is -0.960. The second-order valence-electron chi connectivity index (χ2n) is 4.69. The van der Waals surface area contributed by atoms with E-state index in [4.69, 9.17) is 0 Å². The van der Waals surface area contributed by atoms with Crippen molar-refractivity contribution in [3.05, 3.63) is 35.4 Å². The Morgan fingerprint density at radius 1 is 1.20 bits per heavy atom. The third-order valence-corrected chi connectivity index (χ3v) is 3.17. The van der Waals surface area contributed by atoms with Crippen molar-refractivity contribution in [3.63, 3.8) is 0 Å². The highest BCUT2D eigenvalue weighted by atomic mass is 19.1. The molecule has 0 spiro atoms. The zero-order valence-corrected chi connectivity index (χ0v) is 8.98. The van der Waals surface area contributed by atoms with Gasteiger partial charge in [0, 0.05) is 17.5 Å². The molecule has 1 unspecified atom stereocenters. The van der Waals surface area contributed by atoms with Crippen LogP contribution in [-0.2, 0) is 0 Å². The molecule has 1 aromatic carbocycles. The van der Waals surface area contributed by atoms with Crippen LogP contribution in [0, 0.1) is 11.6 Å². The molecule has 0 bridgehead atoms. The Kier molecular flexibility index (Phi) is 2.51. The SMILES string of the molecule is CC1(C)NCCC1c1cc(F)cc(F)c1. The first-order valence-electron chi connectivity index (χ1n) is 5.20. The van der Waals surface area contributed by atoms with Gasteiger partial charge < -0.3 is 5.32 Å². The summed E-state index contributed by atoms with van der Waals surface area (Å²) in [6, 6.07) is 3.78. The van der Waals surface area contributed by atoms with Gasteiger partial charge in [-0.05, 0) is 44.5 Å². The van der Waals surface area contributed by atoms with Crippen LogP contribution in [0.5, 0.6) is 0 Å². The van der Waals surface area contributed by atoms with Gasteiger partial charge in [-0.3, -0.25) is 0 Å². The molecule has 0 radical (unpaired) electrons. The fourth-order valence-electron chi connectivity index (χ4n) is 2.38. The molecule has 3 heteroatoms. The Bertz CT molecular complexity index is 354. The number of benzene rings is 1. The molecule has 15 heavy (non-hydrogen) atoms. The van der Waals surface area contributed by atoms with Crippen molar-refractivity contribution < 1.29 is 8.78 Å². The summed E-state index contributed by atoms with van der Waals surface area (Å²) in [7, 11) is 0. The molecule has 0 saturated carbocycles. The van der Waals surface area contributed by atoms with Crippen LogP contribution in [0.3, 0.4) is 0 Å². The first kappa shape index (κ1) is 10.6. The van der Waals surface area contributed by atoms with E-state index in [1.54, 1.807) is 0 Å². The standard InChI is InChI=1S/C12H15F2N/c1-12(2)11(3-4-15-12)8-5-9(13)7-10(14)6-8/h5-7,11,15H,3-4H2,1-2H3. The number of halogens is 2. The molecule has 82 valence electrons. The number of hydrogen-bond acceptors (Lipinski definition) is 1. The molecular formula is C12H15F2N. The smallest absolute Gasteiger partial charge is 0.126 e. The highest BCUT2D eigenvalue weighted by molar-refractivity contribution is 5.26. The normalized spacial score (nSPS) is 24.4. The van der Waals surface area contributed by atoms with Gasteiger partial charge in [-0.1, -0.05) is 0 Å². The minimum atomic E-state index is -0.493. The van der Waals surface area contributed by atoms with Crippen LogP contribution in [0.25, 0.3) is 0 Å². The molecule has 1 aliphatic rings. The van der Waals surface area contributed by atoms with E-state index in [-0.39, 0.29) is 11.5 Å². The van der Waals surface area contributed by atoms with Crippen LogP contribution < -0.4 is 5.32 Å². The average molecular weight is 211 g/mol. The fraction of sp³-hybridized carbons (Fsp3) is 0.500. The summed E-state index contributed by atoms with van der Waals surface area (Å²) >= 11 is 0. The summed E-state index contributed by atoms with van der Waals surface area (Å²) in [4.78, 5) is 0. The topological polar surface area (TPSA) is 12.0 Å². The van der Waals surface area contributed by atoms with Crippen molar-refractivity contribution >= 4 is 0 Å². The van der Waals surface area contributed by atoms with E-state index >= 15 is 0 Å². The quantitative estimate of drug-likeness (QED) is 0.753. The van der Waals surface area contributed by atoms with E-state index < -0.39 is 11.6 Å². The summed E-state index contributed by atoms with van der Waals surface area (Å²) < 4.78 is 26.1. The van der Waals surface area contributed by atoms with Crippen molar-refractivity contribution in [2.45, 2.75) is 31.7 Å². The summed E-state index contributed by atoms with van der Waals surface area (Å²) in [5, 5.41) is 3.34. The second kappa shape index (κ2) is 3.56. The number of nitrogens with one attached hydrogen (secondary N) is 1. The van der Waals surface area contributed by atoms with E-state index in [0.717, 1.165) is 24.6 Å². The maximum Gasteiger partial charge on any atom is 0.126 e. The maximum absolute atomic E-state index is 13.1. The predicted molar refractivity (Wildman–Crippen MR) is 55.8 cm³/mol. The molecule has 1 aromatic rings. The lowest BCUT2D eigenvalue weighted by Crippen LogP contribution is -2.36. The first-order valence-corrected chi connectivity index (χ1v) is 5.20. The Morgan fingerprint density at radius 2 is 1.80 bits per heavy atom. The van der Waals surface area contributed by atoms with Gasteiger partial charge in [0.25, 0.3) is 0 Å². The van der Waals surface area contributed by atoms with Gasteiger partial charge in [-0.2, -0.15) is 0 Å². The van der Waals surface area contributed by atoms with Crippen molar-refractivity contribution in [3.8, 4) is 0 Å². The summed E-state index contributed by atoms with van der Waals surface area (Å²) in [6.07, 6.45) is 0.926. The Labute approximate surface area is 88.5 Å². The Balaban J connectivity index is 2.37. The van der Waals surface area contributed by atoms with E-state index in [2.05, 4.69) is 19.2 Å². The van der Waals surface area contributed by atoms with E-state index in [1.165, 1.54) is 12.1 Å². The largest absolute Gasteiger partial charge is 0.311 e. The van der Waals surface area contributed by atoms with Crippen LogP contribution in [-0.4, -0.2) is 12.1 Å². The van der Waals surface area contributed by atoms with Gasteiger partial charge in [-0.25, -0.2) is 8.78 Å². The van der Waals surface area contributed by atoms with Gasteiger partial charge in [0.2, 0.25) is 0 Å². The molecule has 1 N–H and O–H groups in total. The van der Waals surface area contributed by atoms with Gasteiger partial charge in [0.05, 0.1) is 0 Å². The van der Waals surface area contributed by atoms with Gasteiger partial charge in [-0.15, -0.1) is 0 Å². The average Bonchev–Trinajstić information content (AvgIpc) is 2.43. The lowest BCUT2D eigenvalue weighted by Gasteiger charge is -2.27. The summed E-state index contributed by atoms with van der Waals surface area (Å²) in [6.45, 7) is 5.02. The van der Waals surface area contributed by atoms with Crippen molar-refractivity contribution in [1.29, 1.82) is 0 Å². The highest BCUT2D eigenvalue weighted by Crippen LogP contribution is 2.35. The van der Waals surface area contributed by atoms with Gasteiger partial charge in [0.15, 0.2) is 0 Å². The molecule has 1 nitrogen and oxygen atoms in total. The van der Waals surface area contributed by atoms with Crippen LogP contribution in [0.2, 0.25) is 0 Å². The minimum absolute atomic E-state index is 0.0831. The monoisotopic (exact) mass is 211 g/mol. The molecule has 2 rings (SSSR count). The first-order chi connectivity index (χ1) is 6.99. The van der Waals surface area contributed by atoms with Gasteiger partial charge in [0.1, 0.15) is 11.6 Å². The summed E-state index contributed by atoms with van der Waals surface area (Å²) in [5.41, 5.74) is 0.669. The van der Waals surface area contributed by atoms with Crippen LogP contribution in [0.15, 0.2) is 18.2 Å². The second-order valence-corrected chi connectivity index (χ2v) is 4.69. The zero-order valence-electron chi connectivity index (χ0n) is 8.98. The third kappa shape index (κ3) is 2.02. The van der Waals surface area contributed by atoms with E-state index in [9.17, 15) is 8.78 Å². The highest BCUT2D eigenvalue weighted by Gasteiger charge is 2.35. The van der Waals surface area contributed by atoms with Crippen molar-refractivity contribution in [1.82, 2.24) is 5.32 Å². The van der Waals surface area contributed by atoms with Crippen LogP contribution in [0.1, 0.15) is 31.7 Å². The lowest BCUT2D eigenvalue weighted by molar-refractivity contribution is 0.408. The van der Waals surface area contributed by atoms with Crippen LogP contribution in [0.4, 0.5) is 8.78 Å². The van der Waals surface area contributed by atoms with Gasteiger partial charge >= 0.3 is 0 Å². The minimum Gasteiger partial charge on any atom is -0.311 e. The third-order valence-electron chi connectivity index (χ3n) is 3.17. The fourth-order valence-corrected chi connectivity index (χ4v) is 2.38. The molecule has 1 atom stereocenters. The molecule has 0 aliphatic carbocycles. The predicted octanol–water partition coefficient (Wildman–Crippen LogP) is 2.82. The lowest BCUT2D eigenvalue weighted by atomic mass is 9.83. The maximum atomic E-state index is 13.1. The molecule has 0 amide bonds. The van der Waals surface area contributed by atoms with Crippen molar-refractivity contribution in [2.75, 3.05) is 6.54 Å². The molecule has 1 saturated heterocycles. The molecular weight excluding hydrogens is 196 g/mol. The van der Waals surface area contributed by atoms with Crippen molar-refractivity contribution in [2.24, 2.45) is 0 Å². The number of rotatable bonds is 1. The van der Waals surface area contributed by atoms with E-state index in [1.807, 2.05) is 0 Å². The Morgan fingerprint density at radius 3 is 2.27 bits per heavy atom. The molecule has 0 aromatic heterocycles.